The number of carbonyl (C=O) groups is 2. The summed E-state index contributed by atoms with van der Waals surface area (Å²) >= 11 is 0. The number of aliphatic hydroxyl groups is 2. The van der Waals surface area contributed by atoms with E-state index in [2.05, 4.69) is 4.79 Å². The second kappa shape index (κ2) is 4.83. The monoisotopic (exact) mass is 256 g/mol. The molecule has 9 heteroatoms. The van der Waals surface area contributed by atoms with Crippen LogP contribution in [0.3, 0.4) is 0 Å². The first-order valence-corrected chi connectivity index (χ1v) is 5.34. The first-order chi connectivity index (χ1) is 8.56. The lowest BCUT2D eigenvalue weighted by Crippen LogP contribution is -2.60. The Morgan fingerprint density at radius 1 is 1.56 bits per heavy atom. The zero-order valence-corrected chi connectivity index (χ0v) is 9.31. The highest BCUT2D eigenvalue weighted by Gasteiger charge is 2.45. The van der Waals surface area contributed by atoms with Crippen LogP contribution in [0.1, 0.15) is 6.42 Å². The van der Waals surface area contributed by atoms with E-state index in [0.717, 1.165) is 4.90 Å². The molecule has 9 nitrogen and oxygen atoms in total. The minimum absolute atomic E-state index is 0.185. The number of ether oxygens (including phenoxy) is 1. The van der Waals surface area contributed by atoms with E-state index in [0.29, 0.717) is 0 Å². The molecule has 0 radical (unpaired) electrons. The van der Waals surface area contributed by atoms with Crippen molar-refractivity contribution in [3.63, 3.8) is 0 Å². The molecule has 3 amide bonds. The molecule has 3 N–H and O–H groups in total. The van der Waals surface area contributed by atoms with Crippen molar-refractivity contribution in [2.75, 3.05) is 13.2 Å². The van der Waals surface area contributed by atoms with Gasteiger partial charge in [-0.05, 0) is 0 Å². The van der Waals surface area contributed by atoms with Crippen molar-refractivity contribution in [2.24, 2.45) is 0 Å². The molecule has 3 atom stereocenters. The van der Waals surface area contributed by atoms with Gasteiger partial charge in [-0.15, -0.1) is 0 Å². The van der Waals surface area contributed by atoms with Crippen molar-refractivity contribution in [1.29, 1.82) is 0 Å². The predicted molar refractivity (Wildman–Crippen MR) is 55.2 cm³/mol. The summed E-state index contributed by atoms with van der Waals surface area (Å²) in [4.78, 5) is 26.6. The second-order valence-corrected chi connectivity index (χ2v) is 4.07. The maximum Gasteiger partial charge on any atom is 0.375 e. The van der Waals surface area contributed by atoms with Gasteiger partial charge in [-0.1, -0.05) is 0 Å². The zero-order chi connectivity index (χ0) is 13.3. The molecule has 0 aliphatic carbocycles. The van der Waals surface area contributed by atoms with Gasteiger partial charge < -0.3 is 20.5 Å². The number of hydrogen-bond donors (Lipinski definition) is 3. The summed E-state index contributed by atoms with van der Waals surface area (Å²) in [5.74, 6) is -0.787. The van der Waals surface area contributed by atoms with Gasteiger partial charge in [-0.25, -0.2) is 4.79 Å². The van der Waals surface area contributed by atoms with Crippen molar-refractivity contribution in [1.82, 2.24) is 10.2 Å². The minimum Gasteiger partial charge on any atom is -0.394 e. The van der Waals surface area contributed by atoms with E-state index in [4.69, 9.17) is 15.4 Å². The lowest BCUT2D eigenvalue weighted by molar-refractivity contribution is -0.123. The lowest BCUT2D eigenvalue weighted by Gasteiger charge is -2.30. The Morgan fingerprint density at radius 2 is 2.28 bits per heavy atom. The molecule has 98 valence electrons. The lowest BCUT2D eigenvalue weighted by atomic mass is 10.1. The number of aliphatic hydroxyl groups excluding tert-OH is 2. The van der Waals surface area contributed by atoms with Crippen LogP contribution in [0.2, 0.25) is 0 Å². The molecule has 0 bridgehead atoms. The summed E-state index contributed by atoms with van der Waals surface area (Å²) in [6.07, 6.45) is -2.33. The molecular formula is C9H12N4O5. The first kappa shape index (κ1) is 12.7. The Hall–Kier alpha value is -1.80. The SMILES string of the molecule is [N-]=[N+]=C1CN([C@H]2O[C@@H](CO)CC2O)C(=O)NC1=O. The third-order valence-electron chi connectivity index (χ3n) is 2.86. The Labute approximate surface area is 102 Å². The standard InChI is InChI=1S/C9H12N4O5/c10-12-5-2-13(9(17)11-7(5)16)8-6(15)1-4(3-14)18-8/h4,6,8,14-15H,1-3H2,(H,11,16,17)/t4-,6?,8+/m1/s1. The summed E-state index contributed by atoms with van der Waals surface area (Å²) in [6, 6.07) is -0.741. The van der Waals surface area contributed by atoms with Crippen molar-refractivity contribution in [3.05, 3.63) is 5.53 Å². The van der Waals surface area contributed by atoms with Crippen LogP contribution in [0.4, 0.5) is 4.79 Å². The molecule has 0 aromatic rings. The van der Waals surface area contributed by atoms with E-state index < -0.39 is 30.4 Å². The number of imide groups is 1. The third-order valence-corrected chi connectivity index (χ3v) is 2.86. The fourth-order valence-corrected chi connectivity index (χ4v) is 1.96. The van der Waals surface area contributed by atoms with Gasteiger partial charge in [0.05, 0.1) is 12.7 Å². The molecule has 1 unspecified atom stereocenters. The van der Waals surface area contributed by atoms with Gasteiger partial charge in [0.2, 0.25) is 0 Å². The molecule has 2 rings (SSSR count). The van der Waals surface area contributed by atoms with Crippen LogP contribution >= 0.6 is 0 Å². The number of rotatable bonds is 2. The van der Waals surface area contributed by atoms with Crippen molar-refractivity contribution in [3.8, 4) is 0 Å². The van der Waals surface area contributed by atoms with Gasteiger partial charge in [0.25, 0.3) is 0 Å². The topological polar surface area (TPSA) is 136 Å². The molecule has 0 aromatic heterocycles. The van der Waals surface area contributed by atoms with Crippen LogP contribution in [0.5, 0.6) is 0 Å². The number of urea groups is 1. The molecule has 0 saturated carbocycles. The fraction of sp³-hybridized carbons (Fsp3) is 0.667. The average Bonchev–Trinajstić information content (AvgIpc) is 2.71. The Morgan fingerprint density at radius 3 is 2.83 bits per heavy atom. The van der Waals surface area contributed by atoms with Crippen LogP contribution < -0.4 is 5.32 Å². The van der Waals surface area contributed by atoms with Crippen LogP contribution in [0.15, 0.2) is 0 Å². The van der Waals surface area contributed by atoms with Gasteiger partial charge in [-0.2, -0.15) is 4.79 Å². The molecule has 2 aliphatic heterocycles. The summed E-state index contributed by atoms with van der Waals surface area (Å²) < 4.78 is 5.28. The summed E-state index contributed by atoms with van der Waals surface area (Å²) in [6.45, 7) is -0.538. The maximum absolute atomic E-state index is 11.6. The number of carbonyl (C=O) groups excluding carboxylic acids is 2. The highest BCUT2D eigenvalue weighted by Crippen LogP contribution is 2.23. The Kier molecular flexibility index (Phi) is 3.39. The number of nitrogens with zero attached hydrogens (tertiary/aromatic N) is 3. The average molecular weight is 256 g/mol. The van der Waals surface area contributed by atoms with E-state index >= 15 is 0 Å². The smallest absolute Gasteiger partial charge is 0.375 e. The predicted octanol–water partition coefficient (Wildman–Crippen LogP) is -2.32. The Bertz CT molecular complexity index is 433. The summed E-state index contributed by atoms with van der Waals surface area (Å²) in [5.41, 5.74) is 8.37. The quantitative estimate of drug-likeness (QED) is 0.376. The van der Waals surface area contributed by atoms with E-state index in [-0.39, 0.29) is 25.3 Å². The first-order valence-electron chi connectivity index (χ1n) is 5.34. The van der Waals surface area contributed by atoms with Crippen molar-refractivity contribution in [2.45, 2.75) is 24.9 Å². The maximum atomic E-state index is 11.6. The van der Waals surface area contributed by atoms with Gasteiger partial charge in [0.1, 0.15) is 12.6 Å². The summed E-state index contributed by atoms with van der Waals surface area (Å²) in [7, 11) is 0. The van der Waals surface area contributed by atoms with E-state index in [1.807, 2.05) is 5.32 Å². The van der Waals surface area contributed by atoms with Gasteiger partial charge >= 0.3 is 17.6 Å². The molecule has 2 aliphatic rings. The van der Waals surface area contributed by atoms with E-state index in [9.17, 15) is 14.7 Å². The second-order valence-electron chi connectivity index (χ2n) is 4.07. The number of nitrogens with one attached hydrogen (secondary N) is 1. The molecule has 0 aromatic carbocycles. The molecule has 0 spiro atoms. The molecule has 2 heterocycles. The van der Waals surface area contributed by atoms with E-state index in [1.165, 1.54) is 0 Å². The zero-order valence-electron chi connectivity index (χ0n) is 9.31. The van der Waals surface area contributed by atoms with Crippen LogP contribution in [0, 0.1) is 0 Å². The Balaban J connectivity index is 2.15. The van der Waals surface area contributed by atoms with Crippen molar-refractivity contribution >= 4 is 17.6 Å². The van der Waals surface area contributed by atoms with Gasteiger partial charge in [-0.3, -0.25) is 15.0 Å². The highest BCUT2D eigenvalue weighted by atomic mass is 16.5. The van der Waals surface area contributed by atoms with Gasteiger partial charge in [0, 0.05) is 6.42 Å². The number of amides is 3. The molecule has 2 saturated heterocycles. The molecular weight excluding hydrogens is 244 g/mol. The minimum atomic E-state index is -0.980. The van der Waals surface area contributed by atoms with Crippen LogP contribution in [-0.2, 0) is 9.53 Å². The fourth-order valence-electron chi connectivity index (χ4n) is 1.96. The molecule has 18 heavy (non-hydrogen) atoms. The van der Waals surface area contributed by atoms with Crippen LogP contribution in [0.25, 0.3) is 5.53 Å². The number of hydrogen-bond acceptors (Lipinski definition) is 5. The highest BCUT2D eigenvalue weighted by molar-refractivity contribution is 6.41. The van der Waals surface area contributed by atoms with Crippen LogP contribution in [-0.4, -0.2) is 69.1 Å². The summed E-state index contributed by atoms with van der Waals surface area (Å²) in [5, 5.41) is 20.6. The van der Waals surface area contributed by atoms with E-state index in [1.54, 1.807) is 0 Å². The molecule has 2 fully saturated rings. The largest absolute Gasteiger partial charge is 0.394 e. The normalized spacial score (nSPS) is 32.4. The third kappa shape index (κ3) is 2.12. The van der Waals surface area contributed by atoms with Gasteiger partial charge in [0.15, 0.2) is 6.23 Å². The van der Waals surface area contributed by atoms with Crippen molar-refractivity contribution < 1.29 is 29.3 Å².